The highest BCUT2D eigenvalue weighted by Crippen LogP contribution is 2.35. The summed E-state index contributed by atoms with van der Waals surface area (Å²) in [6, 6.07) is 0. The Morgan fingerprint density at radius 1 is 0.625 bits per heavy atom. The van der Waals surface area contributed by atoms with Crippen LogP contribution in [0.25, 0.3) is 0 Å². The summed E-state index contributed by atoms with van der Waals surface area (Å²) in [5, 5.41) is 0. The van der Waals surface area contributed by atoms with Crippen LogP contribution in [0.2, 0.25) is 0 Å². The Hall–Kier alpha value is -1.71. The van der Waals surface area contributed by atoms with Crippen molar-refractivity contribution in [2.75, 3.05) is 41.7 Å². The molecular weight excluding hydrogens is 324 g/mol. The molecule has 0 bridgehead atoms. The van der Waals surface area contributed by atoms with Crippen LogP contribution in [-0.2, 0) is 42.8 Å². The summed E-state index contributed by atoms with van der Waals surface area (Å²) in [6.07, 6.45) is 0.706. The van der Waals surface area contributed by atoms with E-state index in [9.17, 15) is 14.4 Å². The minimum Gasteiger partial charge on any atom is -0.438 e. The van der Waals surface area contributed by atoms with Gasteiger partial charge in [-0.25, -0.2) is 0 Å². The van der Waals surface area contributed by atoms with Crippen LogP contribution in [0, 0.1) is 17.8 Å². The first-order valence-electron chi connectivity index (χ1n) is 7.50. The Morgan fingerprint density at radius 3 is 1.08 bits per heavy atom. The van der Waals surface area contributed by atoms with Gasteiger partial charge in [0.2, 0.25) is 0 Å². The molecule has 0 atom stereocenters. The van der Waals surface area contributed by atoms with Crippen molar-refractivity contribution in [1.29, 1.82) is 0 Å². The van der Waals surface area contributed by atoms with Gasteiger partial charge in [0.15, 0.2) is 20.4 Å². The number of methoxy groups -OCH3 is 3. The molecule has 1 aliphatic carbocycles. The molecule has 0 spiro atoms. The van der Waals surface area contributed by atoms with E-state index in [1.54, 1.807) is 0 Å². The lowest BCUT2D eigenvalue weighted by Gasteiger charge is -2.31. The highest BCUT2D eigenvalue weighted by atomic mass is 16.7. The predicted molar refractivity (Wildman–Crippen MR) is 78.2 cm³/mol. The summed E-state index contributed by atoms with van der Waals surface area (Å²) in [6.45, 7) is -0.563. The quantitative estimate of drug-likeness (QED) is 0.333. The van der Waals surface area contributed by atoms with Crippen LogP contribution in [0.1, 0.15) is 19.3 Å². The fourth-order valence-electron chi connectivity index (χ4n) is 2.60. The molecule has 1 saturated carbocycles. The molecule has 1 rings (SSSR count). The lowest BCUT2D eigenvalue weighted by molar-refractivity contribution is -0.171. The highest BCUT2D eigenvalue weighted by molar-refractivity contribution is 5.80. The molecule has 24 heavy (non-hydrogen) atoms. The van der Waals surface area contributed by atoms with Crippen LogP contribution in [0.15, 0.2) is 0 Å². The van der Waals surface area contributed by atoms with Crippen LogP contribution >= 0.6 is 0 Å². The first-order chi connectivity index (χ1) is 11.5. The smallest absolute Gasteiger partial charge is 0.311 e. The monoisotopic (exact) mass is 348 g/mol. The first-order valence-corrected chi connectivity index (χ1v) is 7.50. The molecule has 0 radical (unpaired) electrons. The molecule has 0 amide bonds. The average Bonchev–Trinajstić information content (AvgIpc) is 2.61. The summed E-state index contributed by atoms with van der Waals surface area (Å²) < 4.78 is 28.9. The zero-order chi connectivity index (χ0) is 17.9. The third-order valence-electron chi connectivity index (χ3n) is 3.66. The van der Waals surface area contributed by atoms with E-state index in [0.717, 1.165) is 0 Å². The average molecular weight is 348 g/mol. The molecule has 0 unspecified atom stereocenters. The van der Waals surface area contributed by atoms with Gasteiger partial charge in [-0.1, -0.05) is 0 Å². The van der Waals surface area contributed by atoms with E-state index in [2.05, 4.69) is 0 Å². The lowest BCUT2D eigenvalue weighted by atomic mass is 9.75. The summed E-state index contributed by atoms with van der Waals surface area (Å²) in [7, 11) is 4.18. The molecule has 0 aliphatic heterocycles. The largest absolute Gasteiger partial charge is 0.438 e. The maximum Gasteiger partial charge on any atom is 0.311 e. The first kappa shape index (κ1) is 20.3. The molecule has 1 fully saturated rings. The fraction of sp³-hybridized carbons (Fsp3) is 0.800. The van der Waals surface area contributed by atoms with E-state index in [1.807, 2.05) is 0 Å². The van der Waals surface area contributed by atoms with E-state index in [4.69, 9.17) is 28.4 Å². The number of ether oxygens (including phenoxy) is 6. The molecule has 9 heteroatoms. The standard InChI is InChI=1S/C15H24O9/c1-19-7-22-13(16)10-4-11(14(17)23-8-20-2)6-12(5-10)15(18)24-9-21-3/h10-12H,4-9H2,1-3H3. The second-order valence-electron chi connectivity index (χ2n) is 5.41. The summed E-state index contributed by atoms with van der Waals surface area (Å²) in [5.41, 5.74) is 0. The van der Waals surface area contributed by atoms with Gasteiger partial charge < -0.3 is 28.4 Å². The Labute approximate surface area is 140 Å². The molecule has 138 valence electrons. The number of carbonyl (C=O) groups excluding carboxylic acids is 3. The van der Waals surface area contributed by atoms with Crippen molar-refractivity contribution >= 4 is 17.9 Å². The van der Waals surface area contributed by atoms with E-state index in [-0.39, 0.29) is 39.6 Å². The van der Waals surface area contributed by atoms with Crippen LogP contribution in [0.5, 0.6) is 0 Å². The molecule has 0 N–H and O–H groups in total. The lowest BCUT2D eigenvalue weighted by Crippen LogP contribution is -2.37. The van der Waals surface area contributed by atoms with E-state index < -0.39 is 35.7 Å². The van der Waals surface area contributed by atoms with Crippen molar-refractivity contribution in [3.8, 4) is 0 Å². The van der Waals surface area contributed by atoms with Gasteiger partial charge in [-0.3, -0.25) is 14.4 Å². The molecular formula is C15H24O9. The SMILES string of the molecule is COCOC(=O)C1CC(C(=O)OCOC)CC(C(=O)OCOC)C1. The van der Waals surface area contributed by atoms with Gasteiger partial charge in [-0.2, -0.15) is 0 Å². The topological polar surface area (TPSA) is 107 Å². The molecule has 9 nitrogen and oxygen atoms in total. The van der Waals surface area contributed by atoms with Crippen molar-refractivity contribution in [1.82, 2.24) is 0 Å². The van der Waals surface area contributed by atoms with Crippen LogP contribution in [0.3, 0.4) is 0 Å². The molecule has 0 saturated heterocycles. The summed E-state index contributed by atoms with van der Waals surface area (Å²) in [4.78, 5) is 36.2. The Morgan fingerprint density at radius 2 is 0.875 bits per heavy atom. The molecule has 0 aromatic carbocycles. The Balaban J connectivity index is 2.75. The van der Waals surface area contributed by atoms with Gasteiger partial charge >= 0.3 is 17.9 Å². The normalized spacial score (nSPS) is 23.4. The van der Waals surface area contributed by atoms with Crippen molar-refractivity contribution in [2.45, 2.75) is 19.3 Å². The minimum absolute atomic E-state index is 0.188. The van der Waals surface area contributed by atoms with Gasteiger partial charge in [0, 0.05) is 21.3 Å². The highest BCUT2D eigenvalue weighted by Gasteiger charge is 2.41. The minimum atomic E-state index is -0.617. The maximum absolute atomic E-state index is 12.1. The Kier molecular flexibility index (Phi) is 9.28. The number of hydrogen-bond donors (Lipinski definition) is 0. The van der Waals surface area contributed by atoms with E-state index in [0.29, 0.717) is 0 Å². The van der Waals surface area contributed by atoms with E-state index >= 15 is 0 Å². The van der Waals surface area contributed by atoms with Gasteiger partial charge in [-0.05, 0) is 19.3 Å². The van der Waals surface area contributed by atoms with Crippen LogP contribution in [-0.4, -0.2) is 59.6 Å². The van der Waals surface area contributed by atoms with E-state index in [1.165, 1.54) is 21.3 Å². The zero-order valence-corrected chi connectivity index (χ0v) is 14.1. The van der Waals surface area contributed by atoms with Crippen LogP contribution < -0.4 is 0 Å². The van der Waals surface area contributed by atoms with Crippen molar-refractivity contribution in [3.63, 3.8) is 0 Å². The fourth-order valence-corrected chi connectivity index (χ4v) is 2.60. The molecule has 1 aliphatic rings. The Bertz CT molecular complexity index is 355. The predicted octanol–water partition coefficient (Wildman–Crippen LogP) is 0.460. The third-order valence-corrected chi connectivity index (χ3v) is 3.66. The summed E-state index contributed by atoms with van der Waals surface area (Å²) in [5.74, 6) is -3.42. The number of carbonyl (C=O) groups is 3. The summed E-state index contributed by atoms with van der Waals surface area (Å²) >= 11 is 0. The zero-order valence-electron chi connectivity index (χ0n) is 14.1. The number of hydrogen-bond acceptors (Lipinski definition) is 9. The van der Waals surface area contributed by atoms with Crippen molar-refractivity contribution in [3.05, 3.63) is 0 Å². The third kappa shape index (κ3) is 6.42. The van der Waals surface area contributed by atoms with Gasteiger partial charge in [0.1, 0.15) is 0 Å². The van der Waals surface area contributed by atoms with Gasteiger partial charge in [0.25, 0.3) is 0 Å². The second-order valence-corrected chi connectivity index (χ2v) is 5.41. The van der Waals surface area contributed by atoms with Crippen molar-refractivity contribution < 1.29 is 42.8 Å². The second kappa shape index (κ2) is 11.0. The van der Waals surface area contributed by atoms with Gasteiger partial charge in [-0.15, -0.1) is 0 Å². The number of esters is 3. The number of rotatable bonds is 9. The van der Waals surface area contributed by atoms with Crippen molar-refractivity contribution in [2.24, 2.45) is 17.8 Å². The maximum atomic E-state index is 12.1. The molecule has 0 aromatic heterocycles. The molecule has 0 heterocycles. The molecule has 0 aromatic rings. The van der Waals surface area contributed by atoms with Crippen LogP contribution in [0.4, 0.5) is 0 Å². The van der Waals surface area contributed by atoms with Gasteiger partial charge in [0.05, 0.1) is 17.8 Å².